The summed E-state index contributed by atoms with van der Waals surface area (Å²) in [5.41, 5.74) is 1.76. The van der Waals surface area contributed by atoms with Crippen LogP contribution in [-0.2, 0) is 14.8 Å². The van der Waals surface area contributed by atoms with Gasteiger partial charge < -0.3 is 15.5 Å². The number of hydrogen-bond donors (Lipinski definition) is 2. The monoisotopic (exact) mass is 416 g/mol. The van der Waals surface area contributed by atoms with Crippen LogP contribution < -0.4 is 10.6 Å². The van der Waals surface area contributed by atoms with Crippen LogP contribution in [0.4, 0.5) is 11.4 Å². The van der Waals surface area contributed by atoms with E-state index in [-0.39, 0.29) is 18.4 Å². The molecule has 29 heavy (non-hydrogen) atoms. The molecule has 9 heteroatoms. The molecule has 0 atom stereocenters. The van der Waals surface area contributed by atoms with E-state index in [0.717, 1.165) is 0 Å². The average Bonchev–Trinajstić information content (AvgIpc) is 2.73. The second-order valence-electron chi connectivity index (χ2n) is 6.76. The Labute approximate surface area is 170 Å². The zero-order valence-electron chi connectivity index (χ0n) is 16.2. The minimum atomic E-state index is -3.23. The summed E-state index contributed by atoms with van der Waals surface area (Å²) in [5, 5.41) is 5.92. The van der Waals surface area contributed by atoms with Crippen LogP contribution in [0.25, 0.3) is 0 Å². The first kappa shape index (κ1) is 20.8. The number of carbonyl (C=O) groups excluding carboxylic acids is 2. The number of benzene rings is 2. The van der Waals surface area contributed by atoms with Gasteiger partial charge in [0.15, 0.2) is 0 Å². The molecule has 0 radical (unpaired) electrons. The fourth-order valence-corrected chi connectivity index (χ4v) is 3.91. The Morgan fingerprint density at radius 1 is 0.897 bits per heavy atom. The Bertz CT molecular complexity index is 971. The number of nitrogens with one attached hydrogen (secondary N) is 2. The van der Waals surface area contributed by atoms with Gasteiger partial charge in [0.2, 0.25) is 15.9 Å². The number of hydrogen-bond acceptors (Lipinski definition) is 5. The number of anilines is 2. The van der Waals surface area contributed by atoms with E-state index < -0.39 is 10.0 Å². The molecule has 2 amide bonds. The van der Waals surface area contributed by atoms with Gasteiger partial charge in [0.1, 0.15) is 0 Å². The quantitative estimate of drug-likeness (QED) is 0.743. The summed E-state index contributed by atoms with van der Waals surface area (Å²) in [6, 6.07) is 16.0. The van der Waals surface area contributed by atoms with Crippen LogP contribution in [0.5, 0.6) is 0 Å². The van der Waals surface area contributed by atoms with E-state index in [1.54, 1.807) is 47.4 Å². The smallest absolute Gasteiger partial charge is 0.255 e. The molecule has 1 heterocycles. The Kier molecular flexibility index (Phi) is 6.50. The summed E-state index contributed by atoms with van der Waals surface area (Å²) in [6.45, 7) is 1.37. The number of para-hydroxylation sites is 2. The summed E-state index contributed by atoms with van der Waals surface area (Å²) in [4.78, 5) is 26.5. The van der Waals surface area contributed by atoms with Crippen molar-refractivity contribution in [3.63, 3.8) is 0 Å². The number of sulfonamides is 1. The van der Waals surface area contributed by atoms with Gasteiger partial charge in [0.05, 0.1) is 24.2 Å². The molecule has 0 saturated carbocycles. The summed E-state index contributed by atoms with van der Waals surface area (Å²) in [7, 11) is -3.23. The van der Waals surface area contributed by atoms with E-state index in [0.29, 0.717) is 43.1 Å². The third kappa shape index (κ3) is 5.55. The van der Waals surface area contributed by atoms with Crippen molar-refractivity contribution in [2.45, 2.75) is 0 Å². The molecule has 2 aromatic carbocycles. The van der Waals surface area contributed by atoms with Crippen LogP contribution in [0, 0.1) is 0 Å². The van der Waals surface area contributed by atoms with Crippen molar-refractivity contribution in [3.8, 4) is 0 Å². The normalized spacial score (nSPS) is 15.0. The second kappa shape index (κ2) is 9.06. The van der Waals surface area contributed by atoms with Gasteiger partial charge in [0, 0.05) is 31.7 Å². The summed E-state index contributed by atoms with van der Waals surface area (Å²) >= 11 is 0. The van der Waals surface area contributed by atoms with Crippen LogP contribution in [0.2, 0.25) is 0 Å². The number of amides is 2. The first-order valence-electron chi connectivity index (χ1n) is 9.27. The molecule has 154 valence electrons. The van der Waals surface area contributed by atoms with Crippen molar-refractivity contribution in [1.29, 1.82) is 0 Å². The van der Waals surface area contributed by atoms with Crippen molar-refractivity contribution in [3.05, 3.63) is 60.2 Å². The first-order valence-corrected chi connectivity index (χ1v) is 11.1. The average molecular weight is 417 g/mol. The standard InChI is InChI=1S/C20H24N4O4S/c1-29(27,28)24-13-11-23(12-14-24)19(25)15-21-17-9-5-6-10-18(17)22-20(26)16-7-3-2-4-8-16/h2-10,21H,11-15H2,1H3,(H,22,26). The minimum absolute atomic E-state index is 0.0527. The van der Waals surface area contributed by atoms with Crippen molar-refractivity contribution < 1.29 is 18.0 Å². The van der Waals surface area contributed by atoms with E-state index in [1.807, 2.05) is 12.1 Å². The molecule has 0 aromatic heterocycles. The van der Waals surface area contributed by atoms with E-state index in [2.05, 4.69) is 10.6 Å². The lowest BCUT2D eigenvalue weighted by Gasteiger charge is -2.33. The number of rotatable bonds is 6. The third-order valence-electron chi connectivity index (χ3n) is 4.70. The van der Waals surface area contributed by atoms with Gasteiger partial charge >= 0.3 is 0 Å². The maximum Gasteiger partial charge on any atom is 0.255 e. The Hall–Kier alpha value is -2.91. The van der Waals surface area contributed by atoms with Gasteiger partial charge in [-0.25, -0.2) is 8.42 Å². The summed E-state index contributed by atoms with van der Waals surface area (Å²) in [5.74, 6) is -0.356. The molecule has 1 aliphatic rings. The van der Waals surface area contributed by atoms with E-state index in [9.17, 15) is 18.0 Å². The molecular weight excluding hydrogens is 392 g/mol. The molecule has 1 saturated heterocycles. The summed E-state index contributed by atoms with van der Waals surface area (Å²) in [6.07, 6.45) is 1.17. The Morgan fingerprint density at radius 3 is 2.10 bits per heavy atom. The van der Waals surface area contributed by atoms with Crippen molar-refractivity contribution in [2.75, 3.05) is 49.6 Å². The van der Waals surface area contributed by atoms with Crippen molar-refractivity contribution >= 4 is 33.2 Å². The van der Waals surface area contributed by atoms with Crippen LogP contribution in [0.15, 0.2) is 54.6 Å². The molecule has 3 rings (SSSR count). The maximum atomic E-state index is 12.5. The highest BCUT2D eigenvalue weighted by atomic mass is 32.2. The van der Waals surface area contributed by atoms with Crippen LogP contribution >= 0.6 is 0 Å². The Balaban J connectivity index is 1.57. The molecule has 0 spiro atoms. The maximum absolute atomic E-state index is 12.5. The molecule has 0 unspecified atom stereocenters. The van der Waals surface area contributed by atoms with Gasteiger partial charge in [-0.05, 0) is 24.3 Å². The lowest BCUT2D eigenvalue weighted by atomic mass is 10.2. The van der Waals surface area contributed by atoms with Gasteiger partial charge in [-0.15, -0.1) is 0 Å². The van der Waals surface area contributed by atoms with Gasteiger partial charge in [-0.1, -0.05) is 30.3 Å². The second-order valence-corrected chi connectivity index (χ2v) is 8.74. The number of piperazine rings is 1. The first-order chi connectivity index (χ1) is 13.8. The fraction of sp³-hybridized carbons (Fsp3) is 0.300. The van der Waals surface area contributed by atoms with E-state index >= 15 is 0 Å². The molecule has 1 fully saturated rings. The van der Waals surface area contributed by atoms with Gasteiger partial charge in [-0.2, -0.15) is 4.31 Å². The van der Waals surface area contributed by atoms with Crippen molar-refractivity contribution in [2.24, 2.45) is 0 Å². The molecular formula is C20H24N4O4S. The summed E-state index contributed by atoms with van der Waals surface area (Å²) < 4.78 is 24.5. The molecule has 1 aliphatic heterocycles. The van der Waals surface area contributed by atoms with Gasteiger partial charge in [-0.3, -0.25) is 9.59 Å². The van der Waals surface area contributed by atoms with Crippen LogP contribution in [-0.4, -0.2) is 68.4 Å². The minimum Gasteiger partial charge on any atom is -0.374 e. The van der Waals surface area contributed by atoms with Crippen LogP contribution in [0.3, 0.4) is 0 Å². The lowest BCUT2D eigenvalue weighted by Crippen LogP contribution is -2.51. The highest BCUT2D eigenvalue weighted by Crippen LogP contribution is 2.21. The Morgan fingerprint density at radius 2 is 1.48 bits per heavy atom. The third-order valence-corrected chi connectivity index (χ3v) is 6.00. The molecule has 0 aliphatic carbocycles. The zero-order chi connectivity index (χ0) is 20.9. The molecule has 2 aromatic rings. The van der Waals surface area contributed by atoms with Crippen LogP contribution in [0.1, 0.15) is 10.4 Å². The molecule has 8 nitrogen and oxygen atoms in total. The number of nitrogens with zero attached hydrogens (tertiary/aromatic N) is 2. The highest BCUT2D eigenvalue weighted by Gasteiger charge is 2.25. The topological polar surface area (TPSA) is 98.8 Å². The number of carbonyl (C=O) groups is 2. The molecule has 0 bridgehead atoms. The SMILES string of the molecule is CS(=O)(=O)N1CCN(C(=O)CNc2ccccc2NC(=O)c2ccccc2)CC1. The predicted octanol–water partition coefficient (Wildman–Crippen LogP) is 1.45. The molecule has 2 N–H and O–H groups in total. The lowest BCUT2D eigenvalue weighted by molar-refractivity contribution is -0.130. The fourth-order valence-electron chi connectivity index (χ4n) is 3.08. The highest BCUT2D eigenvalue weighted by molar-refractivity contribution is 7.88. The van der Waals surface area contributed by atoms with E-state index in [1.165, 1.54) is 10.6 Å². The van der Waals surface area contributed by atoms with Crippen molar-refractivity contribution in [1.82, 2.24) is 9.21 Å². The van der Waals surface area contributed by atoms with E-state index in [4.69, 9.17) is 0 Å². The largest absolute Gasteiger partial charge is 0.374 e. The van der Waals surface area contributed by atoms with Gasteiger partial charge in [0.25, 0.3) is 5.91 Å². The zero-order valence-corrected chi connectivity index (χ0v) is 17.0. The predicted molar refractivity (Wildman–Crippen MR) is 112 cm³/mol.